The molecule has 0 radical (unpaired) electrons. The van der Waals surface area contributed by atoms with Gasteiger partial charge in [-0.1, -0.05) is 15.9 Å². The summed E-state index contributed by atoms with van der Waals surface area (Å²) in [6.45, 7) is 0.0497. The summed E-state index contributed by atoms with van der Waals surface area (Å²) >= 11 is 2.98. The zero-order chi connectivity index (χ0) is 7.72. The Kier molecular flexibility index (Phi) is 2.65. The number of rotatable bonds is 0. The third kappa shape index (κ3) is 1.49. The molecule has 1 aliphatic rings. The minimum atomic E-state index is -1.11. The van der Waals surface area contributed by atoms with Gasteiger partial charge in [0.1, 0.15) is 23.3 Å². The van der Waals surface area contributed by atoms with Crippen LogP contribution in [0, 0.1) is 0 Å². The Morgan fingerprint density at radius 2 is 1.80 bits per heavy atom. The SMILES string of the molecule is O[C@@H]1[C@@H](O)[C@@H](O)CO[C@H]1Br. The summed E-state index contributed by atoms with van der Waals surface area (Å²) in [6.07, 6.45) is -3.15. The van der Waals surface area contributed by atoms with E-state index in [4.69, 9.17) is 20.1 Å². The van der Waals surface area contributed by atoms with Crippen LogP contribution < -0.4 is 0 Å². The van der Waals surface area contributed by atoms with Crippen LogP contribution in [0.2, 0.25) is 0 Å². The predicted molar refractivity (Wildman–Crippen MR) is 36.7 cm³/mol. The van der Waals surface area contributed by atoms with E-state index in [1.807, 2.05) is 0 Å². The Bertz CT molecular complexity index is 106. The highest BCUT2D eigenvalue weighted by molar-refractivity contribution is 9.09. The molecule has 0 aromatic carbocycles. The fourth-order valence-corrected chi connectivity index (χ4v) is 1.24. The quantitative estimate of drug-likeness (QED) is 0.443. The van der Waals surface area contributed by atoms with Gasteiger partial charge in [-0.3, -0.25) is 0 Å². The number of ether oxygens (including phenoxy) is 1. The minimum absolute atomic E-state index is 0.0497. The standard InChI is InChI=1S/C5H9BrO4/c6-5-4(9)3(8)2(7)1-10-5/h2-5,7-9H,1H2/t2-,3-,4+,5+/m0/s1. The Balaban J connectivity index is 2.52. The maximum Gasteiger partial charge on any atom is 0.141 e. The molecule has 1 fully saturated rings. The van der Waals surface area contributed by atoms with E-state index in [0.29, 0.717) is 0 Å². The molecule has 0 aromatic heterocycles. The van der Waals surface area contributed by atoms with Crippen molar-refractivity contribution < 1.29 is 20.1 Å². The van der Waals surface area contributed by atoms with Gasteiger partial charge < -0.3 is 20.1 Å². The molecule has 10 heavy (non-hydrogen) atoms. The van der Waals surface area contributed by atoms with Crippen molar-refractivity contribution in [3.63, 3.8) is 0 Å². The van der Waals surface area contributed by atoms with E-state index in [1.54, 1.807) is 0 Å². The Hall–Kier alpha value is 0.320. The Labute approximate surface area is 66.6 Å². The van der Waals surface area contributed by atoms with Crippen LogP contribution in [0.3, 0.4) is 0 Å². The summed E-state index contributed by atoms with van der Waals surface area (Å²) in [5, 5.41) is 26.4. The lowest BCUT2D eigenvalue weighted by Gasteiger charge is -2.31. The molecular weight excluding hydrogens is 204 g/mol. The van der Waals surface area contributed by atoms with Crippen LogP contribution in [0.15, 0.2) is 0 Å². The Morgan fingerprint density at radius 1 is 1.20 bits per heavy atom. The first-order valence-electron chi connectivity index (χ1n) is 2.93. The van der Waals surface area contributed by atoms with Gasteiger partial charge in [0.25, 0.3) is 0 Å². The van der Waals surface area contributed by atoms with E-state index in [2.05, 4.69) is 15.9 Å². The maximum atomic E-state index is 9.03. The average molecular weight is 213 g/mol. The van der Waals surface area contributed by atoms with Crippen molar-refractivity contribution in [2.45, 2.75) is 23.3 Å². The van der Waals surface area contributed by atoms with Gasteiger partial charge in [0, 0.05) is 0 Å². The number of hydrogen-bond donors (Lipinski definition) is 3. The van der Waals surface area contributed by atoms with Gasteiger partial charge in [-0.2, -0.15) is 0 Å². The van der Waals surface area contributed by atoms with Crippen LogP contribution in [0.1, 0.15) is 0 Å². The number of aliphatic hydroxyl groups excluding tert-OH is 3. The first-order valence-corrected chi connectivity index (χ1v) is 3.84. The molecule has 0 saturated carbocycles. The largest absolute Gasteiger partial charge is 0.388 e. The predicted octanol–water partition coefficient (Wildman–Crippen LogP) is -1.18. The minimum Gasteiger partial charge on any atom is -0.388 e. The van der Waals surface area contributed by atoms with Crippen LogP contribution in [0.5, 0.6) is 0 Å². The average Bonchev–Trinajstić information content (AvgIpc) is 1.93. The van der Waals surface area contributed by atoms with E-state index in [9.17, 15) is 0 Å². The first-order chi connectivity index (χ1) is 4.63. The van der Waals surface area contributed by atoms with Gasteiger partial charge in [0.15, 0.2) is 0 Å². The molecule has 0 bridgehead atoms. The molecule has 1 heterocycles. The molecule has 4 nitrogen and oxygen atoms in total. The van der Waals surface area contributed by atoms with Crippen molar-refractivity contribution in [1.29, 1.82) is 0 Å². The second-order valence-corrected chi connectivity index (χ2v) is 3.14. The third-order valence-corrected chi connectivity index (χ3v) is 2.24. The van der Waals surface area contributed by atoms with Gasteiger partial charge in [0.05, 0.1) is 6.61 Å². The van der Waals surface area contributed by atoms with E-state index >= 15 is 0 Å². The van der Waals surface area contributed by atoms with Crippen LogP contribution in [0.25, 0.3) is 0 Å². The highest BCUT2D eigenvalue weighted by Gasteiger charge is 2.35. The lowest BCUT2D eigenvalue weighted by Crippen LogP contribution is -2.50. The van der Waals surface area contributed by atoms with Gasteiger partial charge in [-0.15, -0.1) is 0 Å². The molecule has 1 rings (SSSR count). The van der Waals surface area contributed by atoms with Crippen molar-refractivity contribution in [3.05, 3.63) is 0 Å². The number of hydrogen-bond acceptors (Lipinski definition) is 4. The monoisotopic (exact) mass is 212 g/mol. The fourth-order valence-electron chi connectivity index (χ4n) is 0.770. The lowest BCUT2D eigenvalue weighted by molar-refractivity contribution is -0.159. The van der Waals surface area contributed by atoms with Crippen LogP contribution >= 0.6 is 15.9 Å². The molecule has 60 valence electrons. The third-order valence-electron chi connectivity index (χ3n) is 1.44. The second kappa shape index (κ2) is 3.15. The summed E-state index contributed by atoms with van der Waals surface area (Å²) < 4.78 is 4.83. The molecule has 1 aliphatic heterocycles. The van der Waals surface area contributed by atoms with E-state index in [1.165, 1.54) is 0 Å². The van der Waals surface area contributed by atoms with E-state index in [-0.39, 0.29) is 6.61 Å². The zero-order valence-electron chi connectivity index (χ0n) is 5.14. The Morgan fingerprint density at radius 3 is 2.30 bits per heavy atom. The lowest BCUT2D eigenvalue weighted by atomic mass is 10.1. The normalized spacial score (nSPS) is 49.2. The highest BCUT2D eigenvalue weighted by Crippen LogP contribution is 2.19. The van der Waals surface area contributed by atoms with Crippen molar-refractivity contribution in [2.24, 2.45) is 0 Å². The number of halogens is 1. The molecule has 0 amide bonds. The summed E-state index contributed by atoms with van der Waals surface area (Å²) in [7, 11) is 0. The van der Waals surface area contributed by atoms with Crippen molar-refractivity contribution >= 4 is 15.9 Å². The molecule has 5 heteroatoms. The summed E-state index contributed by atoms with van der Waals surface area (Å²) in [4.78, 5) is 0. The van der Waals surface area contributed by atoms with E-state index < -0.39 is 23.3 Å². The van der Waals surface area contributed by atoms with Crippen LogP contribution in [0.4, 0.5) is 0 Å². The van der Waals surface area contributed by atoms with Crippen LogP contribution in [-0.2, 0) is 4.74 Å². The van der Waals surface area contributed by atoms with Gasteiger partial charge in [-0.25, -0.2) is 0 Å². The highest BCUT2D eigenvalue weighted by atomic mass is 79.9. The van der Waals surface area contributed by atoms with Crippen molar-refractivity contribution in [2.75, 3.05) is 6.61 Å². The smallest absolute Gasteiger partial charge is 0.141 e. The van der Waals surface area contributed by atoms with Crippen LogP contribution in [-0.4, -0.2) is 45.3 Å². The first kappa shape index (κ1) is 8.42. The summed E-state index contributed by atoms with van der Waals surface area (Å²) in [5.41, 5.74) is 0. The molecule has 0 aromatic rings. The molecule has 4 atom stereocenters. The van der Waals surface area contributed by atoms with Gasteiger partial charge in [-0.05, 0) is 0 Å². The summed E-state index contributed by atoms with van der Waals surface area (Å²) in [6, 6.07) is 0. The summed E-state index contributed by atoms with van der Waals surface area (Å²) in [5.74, 6) is 0. The zero-order valence-corrected chi connectivity index (χ0v) is 6.73. The van der Waals surface area contributed by atoms with Gasteiger partial charge >= 0.3 is 0 Å². The fraction of sp³-hybridized carbons (Fsp3) is 1.00. The second-order valence-electron chi connectivity index (χ2n) is 2.23. The van der Waals surface area contributed by atoms with Gasteiger partial charge in [0.2, 0.25) is 0 Å². The maximum absolute atomic E-state index is 9.03. The topological polar surface area (TPSA) is 69.9 Å². The molecular formula is C5H9BrO4. The van der Waals surface area contributed by atoms with E-state index in [0.717, 1.165) is 0 Å². The molecule has 3 N–H and O–H groups in total. The molecule has 0 spiro atoms. The number of alkyl halides is 1. The molecule has 0 unspecified atom stereocenters. The molecule has 1 saturated heterocycles. The number of aliphatic hydroxyl groups is 3. The van der Waals surface area contributed by atoms with Crippen molar-refractivity contribution in [1.82, 2.24) is 0 Å². The molecule has 0 aliphatic carbocycles. The van der Waals surface area contributed by atoms with Crippen molar-refractivity contribution in [3.8, 4) is 0 Å².